The van der Waals surface area contributed by atoms with Gasteiger partial charge in [0.05, 0.1) is 0 Å². The van der Waals surface area contributed by atoms with E-state index in [9.17, 15) is 13.2 Å². The van der Waals surface area contributed by atoms with Crippen LogP contribution in [0, 0.1) is 6.92 Å². The highest BCUT2D eigenvalue weighted by Crippen LogP contribution is 2.17. The van der Waals surface area contributed by atoms with Crippen LogP contribution in [0.25, 0.3) is 6.08 Å². The molecule has 21 heavy (non-hydrogen) atoms. The summed E-state index contributed by atoms with van der Waals surface area (Å²) in [6.45, 7) is 5.33. The van der Waals surface area contributed by atoms with E-state index in [4.69, 9.17) is 5.11 Å². The summed E-state index contributed by atoms with van der Waals surface area (Å²) < 4.78 is 29.4. The fourth-order valence-electron chi connectivity index (χ4n) is 1.96. The van der Waals surface area contributed by atoms with Gasteiger partial charge in [-0.3, -0.25) is 0 Å². The summed E-state index contributed by atoms with van der Waals surface area (Å²) in [7, 11) is -1.88. The fourth-order valence-corrected chi connectivity index (χ4v) is 2.98. The summed E-state index contributed by atoms with van der Waals surface area (Å²) in [5.74, 6) is -1.02. The Morgan fingerprint density at radius 3 is 2.62 bits per heavy atom. The van der Waals surface area contributed by atoms with Gasteiger partial charge in [0.2, 0.25) is 0 Å². The van der Waals surface area contributed by atoms with Gasteiger partial charge in [-0.05, 0) is 26.3 Å². The zero-order chi connectivity index (χ0) is 16.2. The normalized spacial score (nSPS) is 12.4. The van der Waals surface area contributed by atoms with Crippen molar-refractivity contribution in [3.05, 3.63) is 29.1 Å². The molecule has 0 fully saturated rings. The zero-order valence-electron chi connectivity index (χ0n) is 12.5. The van der Waals surface area contributed by atoms with Crippen LogP contribution in [0.4, 0.5) is 0 Å². The van der Waals surface area contributed by atoms with Crippen LogP contribution in [0.1, 0.15) is 35.5 Å². The number of hydrogen-bond donors (Lipinski definition) is 3. The smallest absolute Gasteiger partial charge is 0.353 e. The quantitative estimate of drug-likeness (QED) is 0.695. The molecule has 8 heteroatoms. The predicted molar refractivity (Wildman–Crippen MR) is 81.3 cm³/mol. The minimum atomic E-state index is -3.54. The van der Waals surface area contributed by atoms with Crippen molar-refractivity contribution in [2.45, 2.75) is 26.8 Å². The molecular weight excluding hydrogens is 294 g/mol. The molecule has 0 atom stereocenters. The maximum Gasteiger partial charge on any atom is 0.353 e. The number of aromatic carboxylic acids is 1. The molecule has 3 N–H and O–H groups in total. The molecule has 0 aliphatic rings. The predicted octanol–water partition coefficient (Wildman–Crippen LogP) is 0.877. The van der Waals surface area contributed by atoms with Gasteiger partial charge in [-0.2, -0.15) is 17.9 Å². The molecule has 0 saturated carbocycles. The van der Waals surface area contributed by atoms with E-state index in [0.717, 1.165) is 5.56 Å². The molecule has 7 nitrogen and oxygen atoms in total. The van der Waals surface area contributed by atoms with E-state index in [1.807, 2.05) is 0 Å². The number of nitrogens with one attached hydrogen (secondary N) is 2. The van der Waals surface area contributed by atoms with Gasteiger partial charge in [0, 0.05) is 31.4 Å². The first-order valence-electron chi connectivity index (χ1n) is 6.46. The maximum atomic E-state index is 11.5. The summed E-state index contributed by atoms with van der Waals surface area (Å²) in [5, 5.41) is 9.17. The van der Waals surface area contributed by atoms with Gasteiger partial charge in [0.1, 0.15) is 5.69 Å². The number of aromatic nitrogens is 1. The number of carboxylic acid groups (broad SMARTS) is 1. The standard InChI is InChI=1S/C13H21N3O4S/c1-9(2)15-21(19,20)14-7-5-6-11-10(3)8-16(4)12(11)13(17)18/h5-6,8-9,14-15H,7H2,1-4H3,(H,17,18)/b6-5-. The van der Waals surface area contributed by atoms with Gasteiger partial charge in [-0.15, -0.1) is 0 Å². The van der Waals surface area contributed by atoms with Crippen LogP contribution in [0.3, 0.4) is 0 Å². The maximum absolute atomic E-state index is 11.5. The van der Waals surface area contributed by atoms with Crippen LogP contribution in [0.5, 0.6) is 0 Å². The molecule has 118 valence electrons. The van der Waals surface area contributed by atoms with Crippen molar-refractivity contribution in [1.82, 2.24) is 14.0 Å². The van der Waals surface area contributed by atoms with Crippen LogP contribution in [-0.4, -0.2) is 36.6 Å². The van der Waals surface area contributed by atoms with Gasteiger partial charge in [0.25, 0.3) is 10.2 Å². The average Bonchev–Trinajstić information content (AvgIpc) is 2.57. The summed E-state index contributed by atoms with van der Waals surface area (Å²) in [6.07, 6.45) is 4.90. The van der Waals surface area contributed by atoms with Crippen molar-refractivity contribution in [2.75, 3.05) is 6.54 Å². The molecule has 0 amide bonds. The highest BCUT2D eigenvalue weighted by molar-refractivity contribution is 7.87. The number of nitrogens with zero attached hydrogens (tertiary/aromatic N) is 1. The minimum absolute atomic E-state index is 0.0788. The Bertz CT molecular complexity index is 645. The average molecular weight is 315 g/mol. The van der Waals surface area contributed by atoms with E-state index in [0.29, 0.717) is 5.56 Å². The molecule has 0 aliphatic carbocycles. The van der Waals surface area contributed by atoms with Gasteiger partial charge in [0.15, 0.2) is 0 Å². The first kappa shape index (κ1) is 17.4. The molecule has 0 aliphatic heterocycles. The summed E-state index contributed by atoms with van der Waals surface area (Å²) >= 11 is 0. The van der Waals surface area contributed by atoms with Crippen LogP contribution in [-0.2, 0) is 17.3 Å². The van der Waals surface area contributed by atoms with Crippen molar-refractivity contribution >= 4 is 22.3 Å². The SMILES string of the molecule is Cc1cn(C)c(C(=O)O)c1/C=C\CNS(=O)(=O)NC(C)C. The second-order valence-corrected chi connectivity index (χ2v) is 6.55. The summed E-state index contributed by atoms with van der Waals surface area (Å²) in [5.41, 5.74) is 1.56. The van der Waals surface area contributed by atoms with Crippen molar-refractivity contribution in [2.24, 2.45) is 7.05 Å². The number of hydrogen-bond acceptors (Lipinski definition) is 3. The Hall–Kier alpha value is -1.64. The van der Waals surface area contributed by atoms with Crippen molar-refractivity contribution in [1.29, 1.82) is 0 Å². The summed E-state index contributed by atoms with van der Waals surface area (Å²) in [4.78, 5) is 11.2. The molecule has 0 saturated heterocycles. The second-order valence-electron chi connectivity index (χ2n) is 5.02. The van der Waals surface area contributed by atoms with E-state index >= 15 is 0 Å². The van der Waals surface area contributed by atoms with E-state index in [1.54, 1.807) is 46.2 Å². The molecule has 0 bridgehead atoms. The molecule has 0 spiro atoms. The molecule has 0 radical (unpaired) electrons. The Labute approximate surface area is 124 Å². The van der Waals surface area contributed by atoms with Gasteiger partial charge >= 0.3 is 5.97 Å². The Morgan fingerprint density at radius 2 is 2.10 bits per heavy atom. The minimum Gasteiger partial charge on any atom is -0.477 e. The molecular formula is C13H21N3O4S. The number of carbonyl (C=O) groups is 1. The molecule has 1 aromatic heterocycles. The van der Waals surface area contributed by atoms with Crippen LogP contribution in [0.15, 0.2) is 12.3 Å². The van der Waals surface area contributed by atoms with E-state index < -0.39 is 16.2 Å². The Kier molecular flexibility index (Phi) is 5.70. The van der Waals surface area contributed by atoms with E-state index in [-0.39, 0.29) is 18.3 Å². The molecule has 0 unspecified atom stereocenters. The number of carboxylic acids is 1. The lowest BCUT2D eigenvalue weighted by molar-refractivity contribution is 0.0686. The Balaban J connectivity index is 2.77. The number of aryl methyl sites for hydroxylation is 2. The number of rotatable bonds is 7. The third-order valence-electron chi connectivity index (χ3n) is 2.69. The second kappa shape index (κ2) is 6.88. The zero-order valence-corrected chi connectivity index (χ0v) is 13.4. The van der Waals surface area contributed by atoms with Crippen LogP contribution < -0.4 is 9.44 Å². The first-order chi connectivity index (χ1) is 9.64. The van der Waals surface area contributed by atoms with E-state index in [1.165, 1.54) is 4.57 Å². The van der Waals surface area contributed by atoms with Crippen molar-refractivity contribution in [3.63, 3.8) is 0 Å². The molecule has 1 rings (SSSR count). The monoisotopic (exact) mass is 315 g/mol. The molecule has 1 heterocycles. The first-order valence-corrected chi connectivity index (χ1v) is 7.95. The molecule has 0 aromatic carbocycles. The van der Waals surface area contributed by atoms with Gasteiger partial charge < -0.3 is 9.67 Å². The van der Waals surface area contributed by atoms with Gasteiger partial charge in [-0.25, -0.2) is 4.79 Å². The lowest BCUT2D eigenvalue weighted by Crippen LogP contribution is -2.40. The Morgan fingerprint density at radius 1 is 1.48 bits per heavy atom. The van der Waals surface area contributed by atoms with Gasteiger partial charge in [-0.1, -0.05) is 12.2 Å². The topological polar surface area (TPSA) is 100 Å². The third-order valence-corrected chi connectivity index (χ3v) is 4.02. The largest absolute Gasteiger partial charge is 0.477 e. The fraction of sp³-hybridized carbons (Fsp3) is 0.462. The molecule has 1 aromatic rings. The van der Waals surface area contributed by atoms with E-state index in [2.05, 4.69) is 9.44 Å². The lowest BCUT2D eigenvalue weighted by atomic mass is 10.1. The third kappa shape index (κ3) is 5.00. The van der Waals surface area contributed by atoms with Crippen molar-refractivity contribution in [3.8, 4) is 0 Å². The van der Waals surface area contributed by atoms with Crippen LogP contribution in [0.2, 0.25) is 0 Å². The van der Waals surface area contributed by atoms with Crippen LogP contribution >= 0.6 is 0 Å². The lowest BCUT2D eigenvalue weighted by Gasteiger charge is -2.08. The highest BCUT2D eigenvalue weighted by Gasteiger charge is 2.15. The highest BCUT2D eigenvalue weighted by atomic mass is 32.2. The summed E-state index contributed by atoms with van der Waals surface area (Å²) in [6, 6.07) is -0.193. The van der Waals surface area contributed by atoms with Crippen molar-refractivity contribution < 1.29 is 18.3 Å².